The van der Waals surface area contributed by atoms with Gasteiger partial charge in [-0.3, -0.25) is 9.20 Å². The van der Waals surface area contributed by atoms with E-state index in [2.05, 4.69) is 10.3 Å². The predicted octanol–water partition coefficient (Wildman–Crippen LogP) is 4.25. The maximum Gasteiger partial charge on any atom is 0.407 e. The van der Waals surface area contributed by atoms with Crippen molar-refractivity contribution in [2.45, 2.75) is 58.1 Å². The van der Waals surface area contributed by atoms with E-state index in [1.54, 1.807) is 29.1 Å². The van der Waals surface area contributed by atoms with Gasteiger partial charge in [-0.1, -0.05) is 18.0 Å². The molecule has 1 amide bonds. The average molecular weight is 378 g/mol. The van der Waals surface area contributed by atoms with Gasteiger partial charge in [0.15, 0.2) is 5.78 Å². The molecule has 140 valence electrons. The number of nitrogens with zero attached hydrogens (tertiary/aromatic N) is 2. The Bertz CT molecular complexity index is 825. The van der Waals surface area contributed by atoms with Crippen LogP contribution in [0.5, 0.6) is 0 Å². The van der Waals surface area contributed by atoms with Gasteiger partial charge in [0, 0.05) is 17.0 Å². The van der Waals surface area contributed by atoms with Crippen molar-refractivity contribution >= 4 is 29.0 Å². The molecule has 0 saturated heterocycles. The second kappa shape index (κ2) is 7.27. The lowest BCUT2D eigenvalue weighted by molar-refractivity contribution is 0.0478. The number of alkyl carbamates (subject to hydrolysis) is 1. The normalized spacial score (nSPS) is 20.8. The summed E-state index contributed by atoms with van der Waals surface area (Å²) >= 11 is 6.16. The quantitative estimate of drug-likeness (QED) is 0.811. The lowest BCUT2D eigenvalue weighted by atomic mass is 9.82. The van der Waals surface area contributed by atoms with Crippen LogP contribution >= 0.6 is 11.6 Å². The zero-order valence-electron chi connectivity index (χ0n) is 15.3. The number of ketones is 1. The number of carbonyl (C=O) groups excluding carboxylic acids is 2. The minimum atomic E-state index is -0.540. The van der Waals surface area contributed by atoms with Gasteiger partial charge in [-0.25, -0.2) is 9.78 Å². The Morgan fingerprint density at radius 3 is 2.81 bits per heavy atom. The van der Waals surface area contributed by atoms with Crippen LogP contribution in [-0.4, -0.2) is 32.9 Å². The minimum absolute atomic E-state index is 0.0335. The smallest absolute Gasteiger partial charge is 0.407 e. The zero-order valence-corrected chi connectivity index (χ0v) is 16.0. The number of hydrogen-bond acceptors (Lipinski definition) is 4. The fraction of sp³-hybridized carbons (Fsp3) is 0.526. The first-order valence-corrected chi connectivity index (χ1v) is 9.26. The van der Waals surface area contributed by atoms with Gasteiger partial charge < -0.3 is 10.1 Å². The van der Waals surface area contributed by atoms with Crippen molar-refractivity contribution in [3.63, 3.8) is 0 Å². The van der Waals surface area contributed by atoms with Crippen LogP contribution < -0.4 is 5.32 Å². The Hall–Kier alpha value is -2.08. The molecule has 2 aromatic heterocycles. The molecule has 1 saturated carbocycles. The number of amides is 1. The van der Waals surface area contributed by atoms with Crippen molar-refractivity contribution in [2.75, 3.05) is 0 Å². The number of ether oxygens (including phenoxy) is 1. The molecule has 0 radical (unpaired) electrons. The number of Topliss-reactive ketones (excluding diaryl/α,β-unsaturated/α-hetero) is 1. The van der Waals surface area contributed by atoms with Crippen LogP contribution in [0.2, 0.25) is 5.02 Å². The number of aromatic nitrogens is 2. The maximum absolute atomic E-state index is 13.1. The summed E-state index contributed by atoms with van der Waals surface area (Å²) in [6, 6.07) is 3.40. The van der Waals surface area contributed by atoms with Crippen LogP contribution in [0.3, 0.4) is 0 Å². The fourth-order valence-electron chi connectivity index (χ4n) is 3.43. The third-order valence-electron chi connectivity index (χ3n) is 4.51. The first kappa shape index (κ1) is 18.7. The molecule has 0 bridgehead atoms. The van der Waals surface area contributed by atoms with Gasteiger partial charge in [-0.15, -0.1) is 0 Å². The number of fused-ring (bicyclic) bond motifs is 1. The molecule has 7 heteroatoms. The molecule has 0 aromatic carbocycles. The molecule has 0 spiro atoms. The summed E-state index contributed by atoms with van der Waals surface area (Å²) in [4.78, 5) is 29.2. The highest BCUT2D eigenvalue weighted by Crippen LogP contribution is 2.29. The van der Waals surface area contributed by atoms with E-state index in [4.69, 9.17) is 16.3 Å². The van der Waals surface area contributed by atoms with E-state index >= 15 is 0 Å². The first-order chi connectivity index (χ1) is 12.2. The van der Waals surface area contributed by atoms with Crippen LogP contribution in [0.25, 0.3) is 5.52 Å². The molecule has 2 atom stereocenters. The molecule has 1 aliphatic carbocycles. The summed E-state index contributed by atoms with van der Waals surface area (Å²) in [6.07, 6.45) is 5.99. The highest BCUT2D eigenvalue weighted by molar-refractivity contribution is 6.31. The zero-order chi connectivity index (χ0) is 18.9. The number of nitrogens with one attached hydrogen (secondary N) is 1. The molecule has 1 fully saturated rings. The molecule has 2 aromatic rings. The van der Waals surface area contributed by atoms with Gasteiger partial charge in [0.05, 0.1) is 23.7 Å². The van der Waals surface area contributed by atoms with E-state index in [1.165, 1.54) is 0 Å². The van der Waals surface area contributed by atoms with E-state index in [-0.39, 0.29) is 17.7 Å². The van der Waals surface area contributed by atoms with E-state index in [1.807, 2.05) is 20.8 Å². The summed E-state index contributed by atoms with van der Waals surface area (Å²) < 4.78 is 7.08. The number of carbonyl (C=O) groups is 2. The summed E-state index contributed by atoms with van der Waals surface area (Å²) in [5, 5.41) is 3.41. The van der Waals surface area contributed by atoms with E-state index in [0.717, 1.165) is 24.8 Å². The van der Waals surface area contributed by atoms with Gasteiger partial charge in [0.25, 0.3) is 0 Å². The summed E-state index contributed by atoms with van der Waals surface area (Å²) in [5.41, 5.74) is 0.787. The number of rotatable bonds is 3. The summed E-state index contributed by atoms with van der Waals surface area (Å²) in [6.45, 7) is 5.49. The van der Waals surface area contributed by atoms with Gasteiger partial charge in [0.2, 0.25) is 0 Å². The maximum atomic E-state index is 13.1. The van der Waals surface area contributed by atoms with Crippen molar-refractivity contribution in [3.8, 4) is 0 Å². The second-order valence-corrected chi connectivity index (χ2v) is 8.25. The molecule has 6 nitrogen and oxygen atoms in total. The van der Waals surface area contributed by atoms with Crippen LogP contribution in [-0.2, 0) is 4.74 Å². The Morgan fingerprint density at radius 2 is 2.08 bits per heavy atom. The van der Waals surface area contributed by atoms with Crippen molar-refractivity contribution in [3.05, 3.63) is 35.4 Å². The molecule has 2 unspecified atom stereocenters. The van der Waals surface area contributed by atoms with Gasteiger partial charge >= 0.3 is 6.09 Å². The van der Waals surface area contributed by atoms with Crippen LogP contribution in [0, 0.1) is 5.92 Å². The summed E-state index contributed by atoms with van der Waals surface area (Å²) in [5.74, 6) is -0.126. The average Bonchev–Trinajstić information content (AvgIpc) is 3.00. The molecular formula is C19H24ClN3O3. The van der Waals surface area contributed by atoms with Crippen LogP contribution in [0.1, 0.15) is 56.9 Å². The highest BCUT2D eigenvalue weighted by Gasteiger charge is 2.31. The summed E-state index contributed by atoms with van der Waals surface area (Å²) in [7, 11) is 0. The van der Waals surface area contributed by atoms with E-state index in [0.29, 0.717) is 17.1 Å². The SMILES string of the molecule is CC(C)(C)OC(=O)NC1CCCC(C(=O)c2cc(Cl)cc3cncn23)C1. The second-order valence-electron chi connectivity index (χ2n) is 7.82. The molecule has 1 aliphatic rings. The van der Waals surface area contributed by atoms with Crippen LogP contribution in [0.4, 0.5) is 4.79 Å². The lowest BCUT2D eigenvalue weighted by Crippen LogP contribution is -2.42. The molecule has 1 N–H and O–H groups in total. The minimum Gasteiger partial charge on any atom is -0.444 e. The first-order valence-electron chi connectivity index (χ1n) is 8.88. The molecule has 2 heterocycles. The molecular weight excluding hydrogens is 354 g/mol. The Balaban J connectivity index is 1.72. The number of hydrogen-bond donors (Lipinski definition) is 1. The fourth-order valence-corrected chi connectivity index (χ4v) is 3.64. The standard InChI is InChI=1S/C19H24ClN3O3/c1-19(2,3)26-18(25)22-14-6-4-5-12(7-14)17(24)16-9-13(20)8-15-10-21-11-23(15)16/h8-12,14H,4-7H2,1-3H3,(H,22,25). The number of halogens is 1. The molecule has 0 aliphatic heterocycles. The topological polar surface area (TPSA) is 72.7 Å². The Morgan fingerprint density at radius 1 is 1.31 bits per heavy atom. The van der Waals surface area contributed by atoms with Gasteiger partial charge in [0.1, 0.15) is 5.60 Å². The van der Waals surface area contributed by atoms with Crippen molar-refractivity contribution < 1.29 is 14.3 Å². The monoisotopic (exact) mass is 377 g/mol. The van der Waals surface area contributed by atoms with Crippen molar-refractivity contribution in [2.24, 2.45) is 5.92 Å². The third kappa shape index (κ3) is 4.36. The third-order valence-corrected chi connectivity index (χ3v) is 4.72. The van der Waals surface area contributed by atoms with Crippen molar-refractivity contribution in [1.82, 2.24) is 14.7 Å². The molecule has 3 rings (SSSR count). The Labute approximate surface area is 157 Å². The lowest BCUT2D eigenvalue weighted by Gasteiger charge is -2.30. The number of pyridine rings is 1. The van der Waals surface area contributed by atoms with Gasteiger partial charge in [-0.2, -0.15) is 0 Å². The largest absolute Gasteiger partial charge is 0.444 e. The van der Waals surface area contributed by atoms with Gasteiger partial charge in [-0.05, 0) is 52.2 Å². The molecule has 26 heavy (non-hydrogen) atoms. The highest BCUT2D eigenvalue weighted by atomic mass is 35.5. The van der Waals surface area contributed by atoms with E-state index < -0.39 is 11.7 Å². The van der Waals surface area contributed by atoms with E-state index in [9.17, 15) is 9.59 Å². The van der Waals surface area contributed by atoms with Crippen LogP contribution in [0.15, 0.2) is 24.7 Å². The number of imidazole rings is 1. The Kier molecular flexibility index (Phi) is 5.23. The van der Waals surface area contributed by atoms with Crippen molar-refractivity contribution in [1.29, 1.82) is 0 Å². The predicted molar refractivity (Wildman–Crippen MR) is 99.6 cm³/mol.